The van der Waals surface area contributed by atoms with Crippen molar-refractivity contribution in [2.45, 2.75) is 57.8 Å². The lowest BCUT2D eigenvalue weighted by Crippen LogP contribution is -2.20. The van der Waals surface area contributed by atoms with Gasteiger partial charge in [0.25, 0.3) is 0 Å². The molecule has 25 heavy (non-hydrogen) atoms. The SMILES string of the molecule is COC(=O)C[C@H](O)C[C@H](O)/C=C/c1c(C)ccc2c1[C@H](O)C[C@H](C)C2. The summed E-state index contributed by atoms with van der Waals surface area (Å²) in [6, 6.07) is 4.10. The Morgan fingerprint density at radius 3 is 2.80 bits per heavy atom. The molecular formula is C20H28O5. The highest BCUT2D eigenvalue weighted by atomic mass is 16.5. The first-order chi connectivity index (χ1) is 11.8. The summed E-state index contributed by atoms with van der Waals surface area (Å²) in [4.78, 5) is 11.1. The number of esters is 1. The van der Waals surface area contributed by atoms with Crippen molar-refractivity contribution >= 4 is 12.0 Å². The lowest BCUT2D eigenvalue weighted by molar-refractivity contribution is -0.143. The molecule has 0 bridgehead atoms. The van der Waals surface area contributed by atoms with Crippen molar-refractivity contribution in [3.8, 4) is 0 Å². The molecule has 4 atom stereocenters. The molecule has 0 aromatic heterocycles. The maximum absolute atomic E-state index is 11.1. The second-order valence-corrected chi connectivity index (χ2v) is 7.03. The highest BCUT2D eigenvalue weighted by Gasteiger charge is 2.25. The number of benzene rings is 1. The fourth-order valence-corrected chi connectivity index (χ4v) is 3.46. The zero-order chi connectivity index (χ0) is 18.6. The van der Waals surface area contributed by atoms with Crippen molar-refractivity contribution in [3.05, 3.63) is 40.5 Å². The highest BCUT2D eigenvalue weighted by Crippen LogP contribution is 2.37. The van der Waals surface area contributed by atoms with Crippen LogP contribution in [0.2, 0.25) is 0 Å². The smallest absolute Gasteiger partial charge is 0.308 e. The summed E-state index contributed by atoms with van der Waals surface area (Å²) in [5, 5.41) is 30.4. The van der Waals surface area contributed by atoms with Gasteiger partial charge in [-0.25, -0.2) is 0 Å². The maximum atomic E-state index is 11.1. The number of hydrogen-bond acceptors (Lipinski definition) is 5. The number of ether oxygens (including phenoxy) is 1. The van der Waals surface area contributed by atoms with Crippen molar-refractivity contribution in [2.24, 2.45) is 5.92 Å². The van der Waals surface area contributed by atoms with Gasteiger partial charge in [0.05, 0.1) is 31.8 Å². The van der Waals surface area contributed by atoms with Crippen molar-refractivity contribution in [1.82, 2.24) is 0 Å². The molecule has 138 valence electrons. The minimum absolute atomic E-state index is 0.0548. The molecule has 0 unspecified atom stereocenters. The summed E-state index contributed by atoms with van der Waals surface area (Å²) in [5.74, 6) is -0.0602. The number of rotatable bonds is 6. The molecule has 1 aromatic carbocycles. The standard InChI is InChI=1S/C20H28O5/c1-12-8-14-5-4-13(2)17(20(14)18(23)9-12)7-6-15(21)10-16(22)11-19(24)25-3/h4-7,12,15-16,18,21-23H,8-11H2,1-3H3/b7-6+/t12-,15-,16-,18-/m1/s1. The molecular weight excluding hydrogens is 320 g/mol. The Kier molecular flexibility index (Phi) is 6.76. The number of carbonyl (C=O) groups excluding carboxylic acids is 1. The van der Waals surface area contributed by atoms with Gasteiger partial charge in [0, 0.05) is 6.42 Å². The van der Waals surface area contributed by atoms with E-state index in [4.69, 9.17) is 0 Å². The molecule has 5 nitrogen and oxygen atoms in total. The molecule has 0 saturated carbocycles. The van der Waals surface area contributed by atoms with E-state index in [0.29, 0.717) is 5.92 Å². The van der Waals surface area contributed by atoms with Gasteiger partial charge < -0.3 is 20.1 Å². The topological polar surface area (TPSA) is 87.0 Å². The van der Waals surface area contributed by atoms with Crippen LogP contribution in [0.5, 0.6) is 0 Å². The number of aliphatic hydroxyl groups is 3. The van der Waals surface area contributed by atoms with Crippen LogP contribution >= 0.6 is 0 Å². The summed E-state index contributed by atoms with van der Waals surface area (Å²) in [5.41, 5.74) is 4.05. The van der Waals surface area contributed by atoms with Gasteiger partial charge >= 0.3 is 5.97 Å². The van der Waals surface area contributed by atoms with E-state index in [0.717, 1.165) is 35.1 Å². The van der Waals surface area contributed by atoms with Crippen molar-refractivity contribution in [3.63, 3.8) is 0 Å². The predicted octanol–water partition coefficient (Wildman–Crippen LogP) is 2.30. The summed E-state index contributed by atoms with van der Waals surface area (Å²) in [7, 11) is 1.26. The molecule has 5 heteroatoms. The Hall–Kier alpha value is -1.69. The van der Waals surface area contributed by atoms with Crippen LogP contribution in [0, 0.1) is 12.8 Å². The second kappa shape index (κ2) is 8.61. The lowest BCUT2D eigenvalue weighted by Gasteiger charge is -2.28. The van der Waals surface area contributed by atoms with Crippen molar-refractivity contribution in [1.29, 1.82) is 0 Å². The second-order valence-electron chi connectivity index (χ2n) is 7.03. The molecule has 0 heterocycles. The molecule has 0 aliphatic heterocycles. The Bertz CT molecular complexity index is 637. The van der Waals surface area contributed by atoms with Crippen LogP contribution < -0.4 is 0 Å². The number of hydrogen-bond donors (Lipinski definition) is 3. The third-order valence-electron chi connectivity index (χ3n) is 4.75. The highest BCUT2D eigenvalue weighted by molar-refractivity contribution is 5.69. The molecule has 3 N–H and O–H groups in total. The Balaban J connectivity index is 2.13. The number of aliphatic hydroxyl groups excluding tert-OH is 3. The summed E-state index contributed by atoms with van der Waals surface area (Å²) in [6.07, 6.45) is 2.67. The average Bonchev–Trinajstić information content (AvgIpc) is 2.53. The van der Waals surface area contributed by atoms with Gasteiger partial charge in [0.15, 0.2) is 0 Å². The maximum Gasteiger partial charge on any atom is 0.308 e. The van der Waals surface area contributed by atoms with Crippen molar-refractivity contribution < 1.29 is 24.9 Å². The van der Waals surface area contributed by atoms with E-state index in [-0.39, 0.29) is 12.8 Å². The van der Waals surface area contributed by atoms with E-state index < -0.39 is 24.3 Å². The monoisotopic (exact) mass is 348 g/mol. The van der Waals surface area contributed by atoms with Crippen LogP contribution in [0.15, 0.2) is 18.2 Å². The van der Waals surface area contributed by atoms with E-state index in [9.17, 15) is 20.1 Å². The number of methoxy groups -OCH3 is 1. The first-order valence-electron chi connectivity index (χ1n) is 8.73. The fraction of sp³-hybridized carbons (Fsp3) is 0.550. The molecule has 0 radical (unpaired) electrons. The van der Waals surface area contributed by atoms with Gasteiger partial charge in [-0.05, 0) is 47.9 Å². The lowest BCUT2D eigenvalue weighted by atomic mass is 9.79. The largest absolute Gasteiger partial charge is 0.469 e. The third-order valence-corrected chi connectivity index (χ3v) is 4.75. The number of carbonyl (C=O) groups is 1. The van der Waals surface area contributed by atoms with Gasteiger partial charge in [-0.15, -0.1) is 0 Å². The van der Waals surface area contributed by atoms with Crippen LogP contribution in [0.25, 0.3) is 6.08 Å². The van der Waals surface area contributed by atoms with Crippen LogP contribution in [0.1, 0.15) is 54.5 Å². The van der Waals surface area contributed by atoms with Crippen LogP contribution in [0.4, 0.5) is 0 Å². The first kappa shape index (κ1) is 19.6. The minimum Gasteiger partial charge on any atom is -0.469 e. The van der Waals surface area contributed by atoms with Crippen LogP contribution in [0.3, 0.4) is 0 Å². The summed E-state index contributed by atoms with van der Waals surface area (Å²) in [6.45, 7) is 4.11. The zero-order valence-electron chi connectivity index (χ0n) is 15.1. The molecule has 1 aliphatic rings. The quantitative estimate of drug-likeness (QED) is 0.687. The van der Waals surface area contributed by atoms with Crippen LogP contribution in [-0.4, -0.2) is 40.6 Å². The summed E-state index contributed by atoms with van der Waals surface area (Å²) >= 11 is 0. The van der Waals surface area contributed by atoms with Gasteiger partial charge in [0.2, 0.25) is 0 Å². The van der Waals surface area contributed by atoms with Crippen molar-refractivity contribution in [2.75, 3.05) is 7.11 Å². The fourth-order valence-electron chi connectivity index (χ4n) is 3.46. The molecule has 1 aliphatic carbocycles. The molecule has 0 amide bonds. The molecule has 0 saturated heterocycles. The van der Waals surface area contributed by atoms with Gasteiger partial charge in [-0.3, -0.25) is 4.79 Å². The Morgan fingerprint density at radius 2 is 2.12 bits per heavy atom. The van der Waals surface area contributed by atoms with Gasteiger partial charge in [0.1, 0.15) is 0 Å². The Labute approximate surface area is 149 Å². The average molecular weight is 348 g/mol. The van der Waals surface area contributed by atoms with Gasteiger partial charge in [-0.2, -0.15) is 0 Å². The number of fused-ring (bicyclic) bond motifs is 1. The first-order valence-corrected chi connectivity index (χ1v) is 8.73. The summed E-state index contributed by atoms with van der Waals surface area (Å²) < 4.78 is 4.50. The van der Waals surface area contributed by atoms with E-state index >= 15 is 0 Å². The van der Waals surface area contributed by atoms with Gasteiger partial charge in [-0.1, -0.05) is 31.2 Å². The number of aryl methyl sites for hydroxylation is 1. The molecule has 1 aromatic rings. The van der Waals surface area contributed by atoms with E-state index in [1.165, 1.54) is 7.11 Å². The van der Waals surface area contributed by atoms with E-state index in [2.05, 4.69) is 17.7 Å². The molecule has 0 spiro atoms. The zero-order valence-corrected chi connectivity index (χ0v) is 15.1. The Morgan fingerprint density at radius 1 is 1.40 bits per heavy atom. The van der Waals surface area contributed by atoms with E-state index in [1.54, 1.807) is 6.08 Å². The molecule has 2 rings (SSSR count). The third kappa shape index (κ3) is 5.14. The minimum atomic E-state index is -0.954. The predicted molar refractivity (Wildman–Crippen MR) is 95.9 cm³/mol. The normalized spacial score (nSPS) is 22.5. The van der Waals surface area contributed by atoms with E-state index in [1.807, 2.05) is 19.1 Å². The molecule has 0 fully saturated rings. The van der Waals surface area contributed by atoms with Crippen LogP contribution in [-0.2, 0) is 16.0 Å².